The summed E-state index contributed by atoms with van der Waals surface area (Å²) >= 11 is 0. The van der Waals surface area contributed by atoms with Gasteiger partial charge in [-0.25, -0.2) is 0 Å². The van der Waals surface area contributed by atoms with Gasteiger partial charge in [-0.1, -0.05) is 48.5 Å². The molecule has 0 heterocycles. The third-order valence-corrected chi connectivity index (χ3v) is 5.65. The molecule has 2 aromatic rings. The van der Waals surface area contributed by atoms with Gasteiger partial charge in [0.05, 0.1) is 12.7 Å². The lowest BCUT2D eigenvalue weighted by molar-refractivity contribution is 0.0179. The van der Waals surface area contributed by atoms with Crippen LogP contribution < -0.4 is 4.74 Å². The maximum Gasteiger partial charge on any atom is 0.119 e. The second-order valence-electron chi connectivity index (χ2n) is 7.85. The summed E-state index contributed by atoms with van der Waals surface area (Å²) < 4.78 is 5.35. The van der Waals surface area contributed by atoms with Crippen LogP contribution in [-0.2, 0) is 6.42 Å². The highest BCUT2D eigenvalue weighted by atomic mass is 16.5. The van der Waals surface area contributed by atoms with Crippen molar-refractivity contribution in [1.29, 1.82) is 0 Å². The normalized spacial score (nSPS) is 23.9. The molecule has 0 spiro atoms. The van der Waals surface area contributed by atoms with E-state index in [-0.39, 0.29) is 5.92 Å². The molecule has 1 N–H and O–H groups in total. The summed E-state index contributed by atoms with van der Waals surface area (Å²) in [7, 11) is 5.86. The van der Waals surface area contributed by atoms with Gasteiger partial charge in [0.15, 0.2) is 0 Å². The summed E-state index contributed by atoms with van der Waals surface area (Å²) in [6, 6.07) is 18.5. The molecule has 3 nitrogen and oxygen atoms in total. The third-order valence-electron chi connectivity index (χ3n) is 5.65. The number of hydrogen-bond acceptors (Lipinski definition) is 3. The van der Waals surface area contributed by atoms with Crippen molar-refractivity contribution in [3.05, 3.63) is 71.3 Å². The molecule has 27 heavy (non-hydrogen) atoms. The van der Waals surface area contributed by atoms with E-state index in [9.17, 15) is 5.11 Å². The molecule has 3 rings (SSSR count). The molecule has 0 amide bonds. The summed E-state index contributed by atoms with van der Waals surface area (Å²) in [6.45, 7) is 0.904. The van der Waals surface area contributed by atoms with Crippen molar-refractivity contribution >= 4 is 6.08 Å². The van der Waals surface area contributed by atoms with Gasteiger partial charge < -0.3 is 14.7 Å². The Balaban J connectivity index is 1.87. The second-order valence-corrected chi connectivity index (χ2v) is 7.85. The summed E-state index contributed by atoms with van der Waals surface area (Å²) in [4.78, 5) is 2.19. The van der Waals surface area contributed by atoms with Crippen LogP contribution >= 0.6 is 0 Å². The second kappa shape index (κ2) is 8.73. The molecule has 0 radical (unpaired) electrons. The molecule has 0 bridgehead atoms. The average Bonchev–Trinajstić information content (AvgIpc) is 2.97. The Kier molecular flexibility index (Phi) is 6.35. The highest BCUT2D eigenvalue weighted by molar-refractivity contribution is 5.58. The van der Waals surface area contributed by atoms with Gasteiger partial charge in [-0.3, -0.25) is 0 Å². The third kappa shape index (κ3) is 4.79. The van der Waals surface area contributed by atoms with Crippen molar-refractivity contribution in [3.63, 3.8) is 0 Å². The molecule has 144 valence electrons. The first-order valence-corrected chi connectivity index (χ1v) is 9.77. The van der Waals surface area contributed by atoms with Crippen LogP contribution in [0.15, 0.2) is 60.2 Å². The van der Waals surface area contributed by atoms with Gasteiger partial charge >= 0.3 is 0 Å². The van der Waals surface area contributed by atoms with E-state index in [1.807, 2.05) is 24.3 Å². The van der Waals surface area contributed by atoms with E-state index >= 15 is 0 Å². The van der Waals surface area contributed by atoms with Gasteiger partial charge in [-0.2, -0.15) is 0 Å². The zero-order chi connectivity index (χ0) is 19.3. The predicted octanol–water partition coefficient (Wildman–Crippen LogP) is 4.41. The fourth-order valence-corrected chi connectivity index (χ4v) is 4.20. The van der Waals surface area contributed by atoms with Gasteiger partial charge in [0.2, 0.25) is 0 Å². The van der Waals surface area contributed by atoms with Crippen molar-refractivity contribution in [2.24, 2.45) is 5.92 Å². The lowest BCUT2D eigenvalue weighted by Gasteiger charge is -2.33. The van der Waals surface area contributed by atoms with Gasteiger partial charge in [0.1, 0.15) is 5.75 Å². The molecular weight excluding hydrogens is 334 g/mol. The molecule has 1 aliphatic rings. The Morgan fingerprint density at radius 1 is 1.15 bits per heavy atom. The van der Waals surface area contributed by atoms with Crippen molar-refractivity contribution in [3.8, 4) is 5.75 Å². The molecule has 0 saturated heterocycles. The molecule has 3 heteroatoms. The Bertz CT molecular complexity index is 769. The van der Waals surface area contributed by atoms with E-state index in [2.05, 4.69) is 55.4 Å². The lowest BCUT2D eigenvalue weighted by atomic mass is 9.81. The van der Waals surface area contributed by atoms with E-state index in [0.717, 1.165) is 49.1 Å². The Morgan fingerprint density at radius 3 is 2.63 bits per heavy atom. The maximum atomic E-state index is 11.8. The van der Waals surface area contributed by atoms with Gasteiger partial charge in [0, 0.05) is 12.5 Å². The summed E-state index contributed by atoms with van der Waals surface area (Å²) in [6.07, 6.45) is 5.78. The van der Waals surface area contributed by atoms with E-state index in [1.54, 1.807) is 7.11 Å². The van der Waals surface area contributed by atoms with Crippen molar-refractivity contribution in [2.45, 2.75) is 31.3 Å². The van der Waals surface area contributed by atoms with Crippen LogP contribution in [0.25, 0.3) is 6.08 Å². The fraction of sp³-hybridized carbons (Fsp3) is 0.417. The van der Waals surface area contributed by atoms with Crippen LogP contribution in [0.1, 0.15) is 30.4 Å². The molecule has 1 fully saturated rings. The first-order valence-electron chi connectivity index (χ1n) is 9.77. The number of aryl methyl sites for hydroxylation is 1. The molecule has 2 aromatic carbocycles. The quantitative estimate of drug-likeness (QED) is 0.789. The average molecular weight is 366 g/mol. The summed E-state index contributed by atoms with van der Waals surface area (Å²) in [5, 5.41) is 11.8. The highest BCUT2D eigenvalue weighted by Gasteiger charge is 2.44. The maximum absolute atomic E-state index is 11.8. The number of hydrogen-bond donors (Lipinski definition) is 1. The molecule has 0 aliphatic heterocycles. The number of aliphatic hydroxyl groups is 1. The zero-order valence-corrected chi connectivity index (χ0v) is 16.7. The van der Waals surface area contributed by atoms with Crippen LogP contribution in [0.3, 0.4) is 0 Å². The van der Waals surface area contributed by atoms with E-state index in [0.29, 0.717) is 0 Å². The van der Waals surface area contributed by atoms with Crippen LogP contribution in [0, 0.1) is 5.92 Å². The van der Waals surface area contributed by atoms with Gasteiger partial charge in [-0.15, -0.1) is 0 Å². The molecule has 0 aromatic heterocycles. The first-order chi connectivity index (χ1) is 13.0. The van der Waals surface area contributed by atoms with E-state index < -0.39 is 5.60 Å². The predicted molar refractivity (Wildman–Crippen MR) is 112 cm³/mol. The van der Waals surface area contributed by atoms with E-state index in [1.165, 1.54) is 5.56 Å². The number of rotatable bonds is 7. The van der Waals surface area contributed by atoms with Crippen molar-refractivity contribution in [1.82, 2.24) is 4.90 Å². The molecular formula is C24H31NO2. The number of ether oxygens (including phenoxy) is 1. The van der Waals surface area contributed by atoms with Gasteiger partial charge in [0.25, 0.3) is 0 Å². The minimum absolute atomic E-state index is 0.257. The van der Waals surface area contributed by atoms with Gasteiger partial charge in [-0.05, 0) is 68.6 Å². The fourth-order valence-electron chi connectivity index (χ4n) is 4.20. The van der Waals surface area contributed by atoms with Crippen LogP contribution in [0.2, 0.25) is 0 Å². The molecule has 2 unspecified atom stereocenters. The molecule has 1 saturated carbocycles. The zero-order valence-electron chi connectivity index (χ0n) is 16.7. The van der Waals surface area contributed by atoms with Crippen LogP contribution in [-0.4, -0.2) is 43.4 Å². The highest BCUT2D eigenvalue weighted by Crippen LogP contribution is 2.44. The first kappa shape index (κ1) is 19.7. The Labute approximate surface area is 163 Å². The monoisotopic (exact) mass is 365 g/mol. The number of nitrogens with zero attached hydrogens (tertiary/aromatic N) is 1. The van der Waals surface area contributed by atoms with Crippen LogP contribution in [0.4, 0.5) is 0 Å². The van der Waals surface area contributed by atoms with Crippen molar-refractivity contribution in [2.75, 3.05) is 27.7 Å². The Morgan fingerprint density at radius 2 is 1.93 bits per heavy atom. The number of benzene rings is 2. The molecule has 1 aliphatic carbocycles. The minimum Gasteiger partial charge on any atom is -0.497 e. The summed E-state index contributed by atoms with van der Waals surface area (Å²) in [5.74, 6) is 1.10. The lowest BCUT2D eigenvalue weighted by Crippen LogP contribution is -2.40. The number of methoxy groups -OCH3 is 1. The minimum atomic E-state index is -0.761. The van der Waals surface area contributed by atoms with E-state index in [4.69, 9.17) is 4.74 Å². The smallest absolute Gasteiger partial charge is 0.119 e. The topological polar surface area (TPSA) is 32.7 Å². The Hall–Kier alpha value is -2.10. The summed E-state index contributed by atoms with van der Waals surface area (Å²) in [5.41, 5.74) is 2.76. The van der Waals surface area contributed by atoms with Crippen molar-refractivity contribution < 1.29 is 9.84 Å². The SMILES string of the molecule is COc1cccc(C=C2CCC(CN(C)C)C2(O)CCc2ccccc2)c1. The van der Waals surface area contributed by atoms with Crippen LogP contribution in [0.5, 0.6) is 5.75 Å². The largest absolute Gasteiger partial charge is 0.497 e. The standard InChI is InChI=1S/C24H31NO2/c1-25(2)18-22-13-12-21(16-20-10-7-11-23(17-20)27-3)24(22,26)15-14-19-8-5-4-6-9-19/h4-11,16-17,22,26H,12-15,18H2,1-3H3. The molecule has 2 atom stereocenters.